The second kappa shape index (κ2) is 3.67. The summed E-state index contributed by atoms with van der Waals surface area (Å²) in [5, 5.41) is 1.14. The Labute approximate surface area is 82.7 Å². The van der Waals surface area contributed by atoms with Gasteiger partial charge in [0.15, 0.2) is 0 Å². The molecule has 0 aliphatic rings. The number of hydrogen-bond donors (Lipinski definition) is 2. The summed E-state index contributed by atoms with van der Waals surface area (Å²) in [5.41, 5.74) is 7.61. The average Bonchev–Trinajstić information content (AvgIpc) is 2.65. The third-order valence-corrected chi connectivity index (χ3v) is 2.31. The van der Waals surface area contributed by atoms with E-state index in [2.05, 4.69) is 14.9 Å². The molecule has 3 N–H and O–H groups in total. The minimum absolute atomic E-state index is 0.657. The van der Waals surface area contributed by atoms with Crippen LogP contribution in [0.4, 0.5) is 5.69 Å². The number of nitrogens with one attached hydrogen (secondary N) is 1. The first-order chi connectivity index (χ1) is 6.83. The van der Waals surface area contributed by atoms with E-state index in [1.54, 1.807) is 6.20 Å². The van der Waals surface area contributed by atoms with Crippen LogP contribution in [0.25, 0.3) is 11.0 Å². The maximum Gasteiger partial charge on any atom is 0.139 e. The Morgan fingerprint density at radius 3 is 3.14 bits per heavy atom. The molecule has 0 saturated carbocycles. The molecule has 0 unspecified atom stereocenters. The Bertz CT molecular complexity index is 421. The van der Waals surface area contributed by atoms with Crippen molar-refractivity contribution in [3.63, 3.8) is 0 Å². The van der Waals surface area contributed by atoms with Gasteiger partial charge in [-0.15, -0.1) is 0 Å². The molecule has 0 spiro atoms. The van der Waals surface area contributed by atoms with Gasteiger partial charge in [-0.05, 0) is 12.1 Å². The maximum atomic E-state index is 5.52. The van der Waals surface area contributed by atoms with Crippen LogP contribution < -0.4 is 10.6 Å². The topological polar surface area (TPSA) is 57.9 Å². The van der Waals surface area contributed by atoms with Gasteiger partial charge in [0.1, 0.15) is 5.65 Å². The van der Waals surface area contributed by atoms with Gasteiger partial charge in [-0.1, -0.05) is 0 Å². The van der Waals surface area contributed by atoms with Gasteiger partial charge in [0.25, 0.3) is 0 Å². The fraction of sp³-hybridized carbons (Fsp3) is 0.300. The van der Waals surface area contributed by atoms with Crippen LogP contribution in [-0.2, 0) is 0 Å². The number of aromatic amines is 1. The van der Waals surface area contributed by atoms with Crippen LogP contribution in [0.2, 0.25) is 0 Å². The lowest BCUT2D eigenvalue weighted by Gasteiger charge is -2.18. The number of likely N-dealkylation sites (N-methyl/N-ethyl adjacent to an activating group) is 1. The lowest BCUT2D eigenvalue weighted by molar-refractivity contribution is 0.888. The smallest absolute Gasteiger partial charge is 0.139 e. The standard InChI is InChI=1S/C10H14N4/c1-14(7-4-11)9-3-6-13-10-8(9)2-5-12-10/h2-3,5-6H,4,7,11H2,1H3,(H,12,13). The summed E-state index contributed by atoms with van der Waals surface area (Å²) >= 11 is 0. The van der Waals surface area contributed by atoms with E-state index in [0.717, 1.165) is 17.6 Å². The SMILES string of the molecule is CN(CCN)c1ccnc2[nH]ccc12. The Morgan fingerprint density at radius 1 is 1.50 bits per heavy atom. The third kappa shape index (κ3) is 1.44. The Balaban J connectivity index is 2.45. The molecule has 2 heterocycles. The van der Waals surface area contributed by atoms with Crippen molar-refractivity contribution in [2.75, 3.05) is 25.0 Å². The van der Waals surface area contributed by atoms with E-state index in [-0.39, 0.29) is 0 Å². The molecule has 2 aromatic heterocycles. The van der Waals surface area contributed by atoms with Gasteiger partial charge in [-0.2, -0.15) is 0 Å². The second-order valence-corrected chi connectivity index (χ2v) is 3.28. The number of pyridine rings is 1. The number of rotatable bonds is 3. The molecular formula is C10H14N4. The van der Waals surface area contributed by atoms with Crippen molar-refractivity contribution in [1.29, 1.82) is 0 Å². The quantitative estimate of drug-likeness (QED) is 0.757. The molecule has 0 aliphatic heterocycles. The Kier molecular flexibility index (Phi) is 2.37. The summed E-state index contributed by atoms with van der Waals surface area (Å²) in [7, 11) is 2.04. The van der Waals surface area contributed by atoms with Gasteiger partial charge in [0, 0.05) is 43.6 Å². The molecule has 0 aromatic carbocycles. The first kappa shape index (κ1) is 9.02. The van der Waals surface area contributed by atoms with Gasteiger partial charge in [-0.25, -0.2) is 4.98 Å². The van der Waals surface area contributed by atoms with E-state index in [0.29, 0.717) is 6.54 Å². The zero-order valence-corrected chi connectivity index (χ0v) is 8.20. The van der Waals surface area contributed by atoms with Crippen LogP contribution >= 0.6 is 0 Å². The van der Waals surface area contributed by atoms with E-state index in [1.807, 2.05) is 25.4 Å². The first-order valence-corrected chi connectivity index (χ1v) is 4.66. The van der Waals surface area contributed by atoms with Gasteiger partial charge in [0.05, 0.1) is 0 Å². The van der Waals surface area contributed by atoms with E-state index in [4.69, 9.17) is 5.73 Å². The number of H-pyrrole nitrogens is 1. The molecule has 14 heavy (non-hydrogen) atoms. The predicted octanol–water partition coefficient (Wildman–Crippen LogP) is 0.958. The number of fused-ring (bicyclic) bond motifs is 1. The van der Waals surface area contributed by atoms with Crippen LogP contribution in [0.3, 0.4) is 0 Å². The van der Waals surface area contributed by atoms with Crippen molar-refractivity contribution in [2.45, 2.75) is 0 Å². The molecule has 0 fully saturated rings. The summed E-state index contributed by atoms with van der Waals surface area (Å²) in [6, 6.07) is 4.04. The zero-order chi connectivity index (χ0) is 9.97. The molecule has 0 radical (unpaired) electrons. The first-order valence-electron chi connectivity index (χ1n) is 4.66. The average molecular weight is 190 g/mol. The number of nitrogens with two attached hydrogens (primary N) is 1. The van der Waals surface area contributed by atoms with Crippen LogP contribution in [0, 0.1) is 0 Å². The van der Waals surface area contributed by atoms with Crippen molar-refractivity contribution in [1.82, 2.24) is 9.97 Å². The van der Waals surface area contributed by atoms with Gasteiger partial charge in [-0.3, -0.25) is 0 Å². The minimum atomic E-state index is 0.657. The van der Waals surface area contributed by atoms with Crippen molar-refractivity contribution < 1.29 is 0 Å². The highest BCUT2D eigenvalue weighted by molar-refractivity contribution is 5.89. The van der Waals surface area contributed by atoms with Crippen LogP contribution in [0.1, 0.15) is 0 Å². The lowest BCUT2D eigenvalue weighted by Crippen LogP contribution is -2.25. The van der Waals surface area contributed by atoms with E-state index in [1.165, 1.54) is 5.69 Å². The van der Waals surface area contributed by atoms with Crippen LogP contribution in [0.5, 0.6) is 0 Å². The van der Waals surface area contributed by atoms with Crippen molar-refractivity contribution in [3.05, 3.63) is 24.5 Å². The predicted molar refractivity (Wildman–Crippen MR) is 58.4 cm³/mol. The Hall–Kier alpha value is -1.55. The highest BCUT2D eigenvalue weighted by Crippen LogP contribution is 2.22. The molecule has 4 nitrogen and oxygen atoms in total. The van der Waals surface area contributed by atoms with Crippen LogP contribution in [-0.4, -0.2) is 30.1 Å². The summed E-state index contributed by atoms with van der Waals surface area (Å²) in [6.07, 6.45) is 3.71. The Morgan fingerprint density at radius 2 is 2.36 bits per heavy atom. The molecule has 4 heteroatoms. The third-order valence-electron chi connectivity index (χ3n) is 2.31. The summed E-state index contributed by atoms with van der Waals surface area (Å²) in [5.74, 6) is 0. The largest absolute Gasteiger partial charge is 0.373 e. The fourth-order valence-corrected chi connectivity index (χ4v) is 1.59. The molecule has 0 atom stereocenters. The van der Waals surface area contributed by atoms with Crippen molar-refractivity contribution >= 4 is 16.7 Å². The summed E-state index contributed by atoms with van der Waals surface area (Å²) < 4.78 is 0. The van der Waals surface area contributed by atoms with E-state index in [9.17, 15) is 0 Å². The van der Waals surface area contributed by atoms with Gasteiger partial charge >= 0.3 is 0 Å². The highest BCUT2D eigenvalue weighted by atomic mass is 15.1. The minimum Gasteiger partial charge on any atom is -0.373 e. The monoisotopic (exact) mass is 190 g/mol. The molecule has 0 amide bonds. The maximum absolute atomic E-state index is 5.52. The molecule has 0 aliphatic carbocycles. The molecule has 0 bridgehead atoms. The van der Waals surface area contributed by atoms with E-state index >= 15 is 0 Å². The molecule has 74 valence electrons. The van der Waals surface area contributed by atoms with Crippen molar-refractivity contribution in [3.8, 4) is 0 Å². The molecule has 2 rings (SSSR count). The van der Waals surface area contributed by atoms with Gasteiger partial charge < -0.3 is 15.6 Å². The number of anilines is 1. The molecule has 2 aromatic rings. The number of aromatic nitrogens is 2. The molecule has 0 saturated heterocycles. The van der Waals surface area contributed by atoms with Gasteiger partial charge in [0.2, 0.25) is 0 Å². The number of hydrogen-bond acceptors (Lipinski definition) is 3. The normalized spacial score (nSPS) is 10.7. The summed E-state index contributed by atoms with van der Waals surface area (Å²) in [6.45, 7) is 1.51. The second-order valence-electron chi connectivity index (χ2n) is 3.28. The van der Waals surface area contributed by atoms with Crippen molar-refractivity contribution in [2.24, 2.45) is 5.73 Å². The lowest BCUT2D eigenvalue weighted by atomic mass is 10.2. The number of nitrogens with zero attached hydrogens (tertiary/aromatic N) is 2. The zero-order valence-electron chi connectivity index (χ0n) is 8.20. The summed E-state index contributed by atoms with van der Waals surface area (Å²) in [4.78, 5) is 9.46. The molecular weight excluding hydrogens is 176 g/mol. The highest BCUT2D eigenvalue weighted by Gasteiger charge is 2.05. The van der Waals surface area contributed by atoms with Crippen LogP contribution in [0.15, 0.2) is 24.5 Å². The van der Waals surface area contributed by atoms with E-state index < -0.39 is 0 Å². The fourth-order valence-electron chi connectivity index (χ4n) is 1.59.